The van der Waals surface area contributed by atoms with E-state index in [1.54, 1.807) is 21.3 Å². The Bertz CT molecular complexity index is 1210. The van der Waals surface area contributed by atoms with Crippen LogP contribution in [0.25, 0.3) is 5.65 Å². The van der Waals surface area contributed by atoms with Crippen molar-refractivity contribution in [2.45, 2.75) is 45.2 Å². The van der Waals surface area contributed by atoms with Crippen molar-refractivity contribution in [3.8, 4) is 5.75 Å². The number of aromatic nitrogens is 4. The molecule has 0 atom stereocenters. The number of carbonyl (C=O) groups excluding carboxylic acids is 1. The van der Waals surface area contributed by atoms with Crippen molar-refractivity contribution in [2.24, 2.45) is 0 Å². The normalized spacial score (nSPS) is 15.7. The summed E-state index contributed by atoms with van der Waals surface area (Å²) in [6.07, 6.45) is 6.39. The fourth-order valence-corrected chi connectivity index (χ4v) is 3.79. The predicted octanol–water partition coefficient (Wildman–Crippen LogP) is 2.30. The van der Waals surface area contributed by atoms with Gasteiger partial charge in [0, 0.05) is 18.3 Å². The Labute approximate surface area is 178 Å². The molecule has 0 bridgehead atoms. The highest BCUT2D eigenvalue weighted by Crippen LogP contribution is 2.36. The molecule has 1 saturated carbocycles. The first-order valence-electron chi connectivity index (χ1n) is 10.6. The number of amides is 1. The van der Waals surface area contributed by atoms with Gasteiger partial charge in [0.1, 0.15) is 17.9 Å². The lowest BCUT2D eigenvalue weighted by Gasteiger charge is -2.26. The second-order valence-electron chi connectivity index (χ2n) is 8.16. The zero-order chi connectivity index (χ0) is 21.5. The number of nitrogens with one attached hydrogen (secondary N) is 3. The highest BCUT2D eigenvalue weighted by atomic mass is 16.5. The SMILES string of the molecule is CC(C)n1cccc(Nc2nc3c(C(=O)NC4CCC4)cnn3c3c2OCCN3)c1=O. The minimum absolute atomic E-state index is 0.0214. The third-order valence-corrected chi connectivity index (χ3v) is 5.71. The molecule has 10 heteroatoms. The topological polar surface area (TPSA) is 115 Å². The molecular weight excluding hydrogens is 398 g/mol. The highest BCUT2D eigenvalue weighted by molar-refractivity contribution is 6.00. The number of hydrogen-bond donors (Lipinski definition) is 3. The van der Waals surface area contributed by atoms with E-state index in [1.807, 2.05) is 19.9 Å². The van der Waals surface area contributed by atoms with E-state index in [0.717, 1.165) is 19.3 Å². The number of anilines is 3. The van der Waals surface area contributed by atoms with Crippen LogP contribution >= 0.6 is 0 Å². The second kappa shape index (κ2) is 7.60. The number of pyridine rings is 1. The van der Waals surface area contributed by atoms with Gasteiger partial charge in [-0.05, 0) is 45.2 Å². The van der Waals surface area contributed by atoms with E-state index < -0.39 is 0 Å². The van der Waals surface area contributed by atoms with E-state index in [4.69, 9.17) is 4.74 Å². The Balaban J connectivity index is 1.59. The number of hydrogen-bond acceptors (Lipinski definition) is 7. The molecule has 2 aliphatic rings. The van der Waals surface area contributed by atoms with Crippen LogP contribution in [-0.4, -0.2) is 44.3 Å². The number of fused-ring (bicyclic) bond motifs is 3. The molecule has 0 saturated heterocycles. The molecule has 0 radical (unpaired) electrons. The molecule has 3 aromatic rings. The van der Waals surface area contributed by atoms with E-state index in [1.165, 1.54) is 6.20 Å². The fourth-order valence-electron chi connectivity index (χ4n) is 3.79. The standard InChI is InChI=1S/C21H25N7O3/c1-12(2)27-9-4-7-15(21(27)30)25-17-16-19(22-8-10-31-16)28-18(26-17)14(11-23-28)20(29)24-13-5-3-6-13/h4,7,9,11-13,22H,3,5-6,8,10H2,1-2H3,(H,24,29)(H,25,26). The quantitative estimate of drug-likeness (QED) is 0.577. The van der Waals surface area contributed by atoms with Crippen LogP contribution in [-0.2, 0) is 0 Å². The molecule has 3 N–H and O–H groups in total. The summed E-state index contributed by atoms with van der Waals surface area (Å²) in [4.78, 5) is 30.3. The Morgan fingerprint density at radius 1 is 1.35 bits per heavy atom. The van der Waals surface area contributed by atoms with Gasteiger partial charge in [0.15, 0.2) is 17.3 Å². The van der Waals surface area contributed by atoms with Crippen LogP contribution in [0.5, 0.6) is 5.75 Å². The zero-order valence-electron chi connectivity index (χ0n) is 17.5. The molecule has 0 aromatic carbocycles. The lowest BCUT2D eigenvalue weighted by Crippen LogP contribution is -2.39. The molecule has 162 valence electrons. The van der Waals surface area contributed by atoms with Gasteiger partial charge in [0.2, 0.25) is 5.75 Å². The molecule has 0 spiro atoms. The van der Waals surface area contributed by atoms with Gasteiger partial charge >= 0.3 is 0 Å². The smallest absolute Gasteiger partial charge is 0.274 e. The van der Waals surface area contributed by atoms with Crippen molar-refractivity contribution in [3.63, 3.8) is 0 Å². The van der Waals surface area contributed by atoms with Crippen molar-refractivity contribution in [1.29, 1.82) is 0 Å². The van der Waals surface area contributed by atoms with Crippen molar-refractivity contribution in [3.05, 3.63) is 40.4 Å². The summed E-state index contributed by atoms with van der Waals surface area (Å²) in [5.41, 5.74) is 1.01. The number of rotatable bonds is 5. The molecule has 5 rings (SSSR count). The summed E-state index contributed by atoms with van der Waals surface area (Å²) >= 11 is 0. The van der Waals surface area contributed by atoms with Crippen molar-refractivity contribution in [2.75, 3.05) is 23.8 Å². The first-order chi connectivity index (χ1) is 15.0. The summed E-state index contributed by atoms with van der Waals surface area (Å²) in [5, 5.41) is 13.8. The van der Waals surface area contributed by atoms with Gasteiger partial charge in [-0.25, -0.2) is 4.98 Å². The Hall–Kier alpha value is -3.56. The third-order valence-electron chi connectivity index (χ3n) is 5.71. The molecule has 10 nitrogen and oxygen atoms in total. The third kappa shape index (κ3) is 3.37. The van der Waals surface area contributed by atoms with Crippen LogP contribution in [0, 0.1) is 0 Å². The summed E-state index contributed by atoms with van der Waals surface area (Å²) in [5.74, 6) is 1.23. The Morgan fingerprint density at radius 3 is 2.94 bits per heavy atom. The lowest BCUT2D eigenvalue weighted by atomic mass is 9.93. The van der Waals surface area contributed by atoms with Crippen LogP contribution in [0.2, 0.25) is 0 Å². The maximum absolute atomic E-state index is 12.9. The van der Waals surface area contributed by atoms with E-state index in [-0.39, 0.29) is 23.6 Å². The first-order valence-corrected chi connectivity index (χ1v) is 10.6. The number of carbonyl (C=O) groups is 1. The molecule has 4 heterocycles. The molecule has 1 aliphatic carbocycles. The van der Waals surface area contributed by atoms with Gasteiger partial charge < -0.3 is 25.3 Å². The molecule has 3 aromatic heterocycles. The van der Waals surface area contributed by atoms with Gasteiger partial charge in [-0.15, -0.1) is 0 Å². The molecule has 1 amide bonds. The fraction of sp³-hybridized carbons (Fsp3) is 0.429. The predicted molar refractivity (Wildman–Crippen MR) is 116 cm³/mol. The van der Waals surface area contributed by atoms with Gasteiger partial charge in [-0.2, -0.15) is 9.61 Å². The van der Waals surface area contributed by atoms with Gasteiger partial charge in [-0.3, -0.25) is 9.59 Å². The van der Waals surface area contributed by atoms with E-state index in [2.05, 4.69) is 26.0 Å². The van der Waals surface area contributed by atoms with Crippen molar-refractivity contribution in [1.82, 2.24) is 24.5 Å². The maximum atomic E-state index is 12.9. The minimum atomic E-state index is -0.197. The first kappa shape index (κ1) is 19.4. The van der Waals surface area contributed by atoms with Crippen LogP contribution < -0.4 is 26.2 Å². The largest absolute Gasteiger partial charge is 0.485 e. The monoisotopic (exact) mass is 423 g/mol. The lowest BCUT2D eigenvalue weighted by molar-refractivity contribution is 0.0918. The highest BCUT2D eigenvalue weighted by Gasteiger charge is 2.27. The average Bonchev–Trinajstić information content (AvgIpc) is 3.16. The van der Waals surface area contributed by atoms with Crippen molar-refractivity contribution < 1.29 is 9.53 Å². The van der Waals surface area contributed by atoms with Crippen LogP contribution in [0.4, 0.5) is 17.3 Å². The zero-order valence-corrected chi connectivity index (χ0v) is 17.5. The van der Waals surface area contributed by atoms with Gasteiger partial charge in [0.25, 0.3) is 11.5 Å². The second-order valence-corrected chi connectivity index (χ2v) is 8.16. The molecule has 1 fully saturated rings. The summed E-state index contributed by atoms with van der Waals surface area (Å²) in [6, 6.07) is 3.74. The number of ether oxygens (including phenoxy) is 1. The molecular formula is C21H25N7O3. The van der Waals surface area contributed by atoms with Crippen molar-refractivity contribution >= 4 is 28.9 Å². The molecule has 1 aliphatic heterocycles. The summed E-state index contributed by atoms with van der Waals surface area (Å²) < 4.78 is 9.07. The van der Waals surface area contributed by atoms with Crippen LogP contribution in [0.15, 0.2) is 29.3 Å². The maximum Gasteiger partial charge on any atom is 0.274 e. The molecule has 0 unspecified atom stereocenters. The average molecular weight is 423 g/mol. The van der Waals surface area contributed by atoms with E-state index in [9.17, 15) is 9.59 Å². The van der Waals surface area contributed by atoms with Crippen LogP contribution in [0.3, 0.4) is 0 Å². The van der Waals surface area contributed by atoms with E-state index >= 15 is 0 Å². The van der Waals surface area contributed by atoms with E-state index in [0.29, 0.717) is 47.4 Å². The molecule has 31 heavy (non-hydrogen) atoms. The minimum Gasteiger partial charge on any atom is -0.485 e. The summed E-state index contributed by atoms with van der Waals surface area (Å²) in [6.45, 7) is 4.95. The summed E-state index contributed by atoms with van der Waals surface area (Å²) in [7, 11) is 0. The Morgan fingerprint density at radius 2 is 2.19 bits per heavy atom. The van der Waals surface area contributed by atoms with Gasteiger partial charge in [0.05, 0.1) is 12.7 Å². The van der Waals surface area contributed by atoms with Crippen LogP contribution in [0.1, 0.15) is 49.5 Å². The Kier molecular flexibility index (Phi) is 4.76. The number of nitrogens with zero attached hydrogens (tertiary/aromatic N) is 4. The van der Waals surface area contributed by atoms with Gasteiger partial charge in [-0.1, -0.05) is 0 Å².